The first-order valence-corrected chi connectivity index (χ1v) is 7.41. The Labute approximate surface area is 136 Å². The van der Waals surface area contributed by atoms with E-state index in [1.54, 1.807) is 36.5 Å². The maximum absolute atomic E-state index is 12.2. The number of rotatable bonds is 4. The summed E-state index contributed by atoms with van der Waals surface area (Å²) in [4.78, 5) is 27.6. The molecule has 0 saturated carbocycles. The van der Waals surface area contributed by atoms with Crippen molar-refractivity contribution in [1.82, 2.24) is 4.98 Å². The number of nitrogens with zero attached hydrogens (tertiary/aromatic N) is 1. The molecule has 0 saturated heterocycles. The molecule has 0 bridgehead atoms. The third-order valence-corrected chi connectivity index (χ3v) is 3.06. The van der Waals surface area contributed by atoms with E-state index in [1.165, 1.54) is 6.92 Å². The Balaban J connectivity index is 2.04. The normalized spacial score (nSPS) is 11.0. The zero-order valence-electron chi connectivity index (χ0n) is 13.8. The highest BCUT2D eigenvalue weighted by Gasteiger charge is 2.11. The smallest absolute Gasteiger partial charge is 0.274 e. The number of Topliss-reactive ketones (excluding diaryl/α,β-unsaturated/α-hetero) is 1. The maximum Gasteiger partial charge on any atom is 0.274 e. The SMILES string of the molecule is CC(=O)c1ccc(NC(=O)c2ccc(NC(C)(C)C)cn2)cc1. The van der Waals surface area contributed by atoms with Gasteiger partial charge in [0, 0.05) is 16.8 Å². The van der Waals surface area contributed by atoms with Gasteiger partial charge in [-0.15, -0.1) is 0 Å². The summed E-state index contributed by atoms with van der Waals surface area (Å²) in [7, 11) is 0. The molecule has 0 fully saturated rings. The maximum atomic E-state index is 12.2. The molecule has 2 aromatic rings. The summed E-state index contributed by atoms with van der Waals surface area (Å²) in [6.07, 6.45) is 1.64. The third-order valence-electron chi connectivity index (χ3n) is 3.06. The van der Waals surface area contributed by atoms with E-state index in [-0.39, 0.29) is 17.2 Å². The predicted octanol–water partition coefficient (Wildman–Crippen LogP) is 3.75. The molecule has 23 heavy (non-hydrogen) atoms. The lowest BCUT2D eigenvalue weighted by Crippen LogP contribution is -2.26. The van der Waals surface area contributed by atoms with Crippen LogP contribution in [0.15, 0.2) is 42.6 Å². The average Bonchev–Trinajstić information content (AvgIpc) is 2.46. The summed E-state index contributed by atoms with van der Waals surface area (Å²) in [5.41, 5.74) is 2.36. The molecule has 0 atom stereocenters. The van der Waals surface area contributed by atoms with Gasteiger partial charge in [-0.25, -0.2) is 4.98 Å². The molecule has 0 aliphatic carbocycles. The number of anilines is 2. The van der Waals surface area contributed by atoms with Crippen molar-refractivity contribution in [2.45, 2.75) is 33.2 Å². The van der Waals surface area contributed by atoms with Gasteiger partial charge in [0.25, 0.3) is 5.91 Å². The average molecular weight is 311 g/mol. The fourth-order valence-electron chi connectivity index (χ4n) is 2.02. The second-order valence-corrected chi connectivity index (χ2v) is 6.39. The van der Waals surface area contributed by atoms with Gasteiger partial charge >= 0.3 is 0 Å². The van der Waals surface area contributed by atoms with E-state index in [1.807, 2.05) is 6.07 Å². The Hall–Kier alpha value is -2.69. The molecule has 0 radical (unpaired) electrons. The molecule has 1 heterocycles. The lowest BCUT2D eigenvalue weighted by molar-refractivity contribution is 0.101. The van der Waals surface area contributed by atoms with E-state index in [4.69, 9.17) is 0 Å². The number of amides is 1. The Kier molecular flexibility index (Phi) is 4.79. The van der Waals surface area contributed by atoms with Crippen LogP contribution >= 0.6 is 0 Å². The minimum Gasteiger partial charge on any atom is -0.379 e. The van der Waals surface area contributed by atoms with Crippen LogP contribution in [-0.2, 0) is 0 Å². The first kappa shape index (κ1) is 16.7. The summed E-state index contributed by atoms with van der Waals surface area (Å²) in [6, 6.07) is 10.3. The first-order valence-electron chi connectivity index (χ1n) is 7.41. The number of nitrogens with one attached hydrogen (secondary N) is 2. The van der Waals surface area contributed by atoms with Crippen molar-refractivity contribution in [3.05, 3.63) is 53.9 Å². The minimum absolute atomic E-state index is 0.00789. The molecule has 2 rings (SSSR count). The fraction of sp³-hybridized carbons (Fsp3) is 0.278. The predicted molar refractivity (Wildman–Crippen MR) is 92.0 cm³/mol. The lowest BCUT2D eigenvalue weighted by Gasteiger charge is -2.21. The molecule has 1 aromatic heterocycles. The van der Waals surface area contributed by atoms with Crippen LogP contribution in [0.4, 0.5) is 11.4 Å². The Bertz CT molecular complexity index is 699. The molecule has 1 amide bonds. The van der Waals surface area contributed by atoms with E-state index in [9.17, 15) is 9.59 Å². The second kappa shape index (κ2) is 6.60. The van der Waals surface area contributed by atoms with Gasteiger partial charge in [-0.1, -0.05) is 0 Å². The number of hydrogen-bond donors (Lipinski definition) is 2. The molecule has 5 heteroatoms. The Morgan fingerprint density at radius 3 is 2.04 bits per heavy atom. The fourth-order valence-corrected chi connectivity index (χ4v) is 2.02. The monoisotopic (exact) mass is 311 g/mol. The van der Waals surface area contributed by atoms with Crippen molar-refractivity contribution in [3.8, 4) is 0 Å². The summed E-state index contributed by atoms with van der Waals surface area (Å²) in [5, 5.41) is 6.05. The summed E-state index contributed by atoms with van der Waals surface area (Å²) >= 11 is 0. The van der Waals surface area contributed by atoms with Crippen LogP contribution in [-0.4, -0.2) is 22.2 Å². The number of aromatic nitrogens is 1. The first-order chi connectivity index (χ1) is 10.7. The molecule has 120 valence electrons. The number of ketones is 1. The van der Waals surface area contributed by atoms with E-state index < -0.39 is 0 Å². The lowest BCUT2D eigenvalue weighted by atomic mass is 10.1. The third kappa shape index (κ3) is 4.92. The van der Waals surface area contributed by atoms with Crippen LogP contribution in [0.5, 0.6) is 0 Å². The van der Waals surface area contributed by atoms with Gasteiger partial charge in [0.1, 0.15) is 5.69 Å². The quantitative estimate of drug-likeness (QED) is 0.844. The van der Waals surface area contributed by atoms with Crippen molar-refractivity contribution in [2.24, 2.45) is 0 Å². The summed E-state index contributed by atoms with van der Waals surface area (Å²) in [6.45, 7) is 7.67. The van der Waals surface area contributed by atoms with E-state index in [2.05, 4.69) is 36.4 Å². The zero-order valence-corrected chi connectivity index (χ0v) is 13.8. The molecule has 2 N–H and O–H groups in total. The van der Waals surface area contributed by atoms with Crippen molar-refractivity contribution < 1.29 is 9.59 Å². The number of pyridine rings is 1. The van der Waals surface area contributed by atoms with Crippen molar-refractivity contribution >= 4 is 23.1 Å². The topological polar surface area (TPSA) is 71.1 Å². The highest BCUT2D eigenvalue weighted by Crippen LogP contribution is 2.15. The van der Waals surface area contributed by atoms with Gasteiger partial charge in [0.05, 0.1) is 11.9 Å². The van der Waals surface area contributed by atoms with Gasteiger partial charge in [-0.3, -0.25) is 9.59 Å². The molecule has 0 unspecified atom stereocenters. The van der Waals surface area contributed by atoms with Crippen molar-refractivity contribution in [2.75, 3.05) is 10.6 Å². The van der Waals surface area contributed by atoms with Gasteiger partial charge in [-0.05, 0) is 64.1 Å². The number of carbonyl (C=O) groups excluding carboxylic acids is 2. The van der Waals surface area contributed by atoms with E-state index in [0.717, 1.165) is 5.69 Å². The van der Waals surface area contributed by atoms with Crippen LogP contribution in [0.2, 0.25) is 0 Å². The summed E-state index contributed by atoms with van der Waals surface area (Å²) in [5.74, 6) is -0.297. The summed E-state index contributed by atoms with van der Waals surface area (Å²) < 4.78 is 0. The highest BCUT2D eigenvalue weighted by atomic mass is 16.2. The van der Waals surface area contributed by atoms with Crippen molar-refractivity contribution in [1.29, 1.82) is 0 Å². The molecule has 0 aliphatic heterocycles. The van der Waals surface area contributed by atoms with Crippen LogP contribution in [0.3, 0.4) is 0 Å². The number of benzene rings is 1. The van der Waals surface area contributed by atoms with Crippen LogP contribution < -0.4 is 10.6 Å². The minimum atomic E-state index is -0.289. The zero-order chi connectivity index (χ0) is 17.0. The molecule has 0 spiro atoms. The Morgan fingerprint density at radius 2 is 1.57 bits per heavy atom. The van der Waals surface area contributed by atoms with Gasteiger partial charge < -0.3 is 10.6 Å². The highest BCUT2D eigenvalue weighted by molar-refractivity contribution is 6.03. The number of hydrogen-bond acceptors (Lipinski definition) is 4. The molecule has 5 nitrogen and oxygen atoms in total. The van der Waals surface area contributed by atoms with Gasteiger partial charge in [0.2, 0.25) is 0 Å². The largest absolute Gasteiger partial charge is 0.379 e. The van der Waals surface area contributed by atoms with Gasteiger partial charge in [0.15, 0.2) is 5.78 Å². The molecular weight excluding hydrogens is 290 g/mol. The van der Waals surface area contributed by atoms with Gasteiger partial charge in [-0.2, -0.15) is 0 Å². The number of carbonyl (C=O) groups is 2. The van der Waals surface area contributed by atoms with Crippen LogP contribution in [0.25, 0.3) is 0 Å². The Morgan fingerprint density at radius 1 is 0.957 bits per heavy atom. The molecular formula is C18H21N3O2. The van der Waals surface area contributed by atoms with E-state index in [0.29, 0.717) is 16.9 Å². The standard InChI is InChI=1S/C18H21N3O2/c1-12(22)13-5-7-14(8-6-13)20-17(23)16-10-9-15(11-19-16)21-18(2,3)4/h5-11,21H,1-4H3,(H,20,23). The molecule has 0 aliphatic rings. The van der Waals surface area contributed by atoms with Crippen LogP contribution in [0.1, 0.15) is 48.5 Å². The van der Waals surface area contributed by atoms with E-state index >= 15 is 0 Å². The van der Waals surface area contributed by atoms with Crippen LogP contribution in [0, 0.1) is 0 Å². The second-order valence-electron chi connectivity index (χ2n) is 6.39. The molecule has 1 aromatic carbocycles. The van der Waals surface area contributed by atoms with Crippen molar-refractivity contribution in [3.63, 3.8) is 0 Å².